The number of aryl methyl sites for hydroxylation is 2. The van der Waals surface area contributed by atoms with Crippen molar-refractivity contribution in [3.8, 4) is 0 Å². The Morgan fingerprint density at radius 1 is 1.44 bits per heavy atom. The number of nitrogens with zero attached hydrogens (tertiary/aromatic N) is 2. The highest BCUT2D eigenvalue weighted by Gasteiger charge is 2.11. The van der Waals surface area contributed by atoms with Crippen molar-refractivity contribution >= 4 is 5.97 Å². The van der Waals surface area contributed by atoms with Crippen LogP contribution in [-0.4, -0.2) is 20.8 Å². The van der Waals surface area contributed by atoms with Crippen LogP contribution in [0.25, 0.3) is 0 Å². The maximum absolute atomic E-state index is 11.5. The number of rotatable bonds is 3. The number of carboxylic acid groups (broad SMARTS) is 1. The van der Waals surface area contributed by atoms with E-state index in [0.29, 0.717) is 18.0 Å². The molecular formula is C12H12N2O4. The maximum Gasteiger partial charge on any atom is 0.341 e. The molecule has 0 aliphatic heterocycles. The van der Waals surface area contributed by atoms with E-state index in [-0.39, 0.29) is 5.56 Å². The third kappa shape index (κ3) is 2.32. The van der Waals surface area contributed by atoms with Crippen LogP contribution in [0.5, 0.6) is 0 Å². The fourth-order valence-electron chi connectivity index (χ4n) is 1.66. The Labute approximate surface area is 102 Å². The van der Waals surface area contributed by atoms with E-state index in [0.717, 1.165) is 5.69 Å². The molecule has 0 spiro atoms. The number of hydrogen-bond donors (Lipinski definition) is 1. The molecule has 2 heterocycles. The maximum atomic E-state index is 11.5. The van der Waals surface area contributed by atoms with Crippen molar-refractivity contribution in [2.45, 2.75) is 20.4 Å². The summed E-state index contributed by atoms with van der Waals surface area (Å²) >= 11 is 0. The van der Waals surface area contributed by atoms with Crippen LogP contribution in [0.3, 0.4) is 0 Å². The summed E-state index contributed by atoms with van der Waals surface area (Å²) in [6, 6.07) is 3.06. The first-order valence-electron chi connectivity index (χ1n) is 5.34. The summed E-state index contributed by atoms with van der Waals surface area (Å²) in [5.74, 6) is -0.627. The second kappa shape index (κ2) is 4.48. The third-order valence-electron chi connectivity index (χ3n) is 2.58. The van der Waals surface area contributed by atoms with Gasteiger partial charge in [-0.3, -0.25) is 4.79 Å². The number of carboxylic acids is 1. The molecule has 0 atom stereocenters. The minimum absolute atomic E-state index is 0.253. The van der Waals surface area contributed by atoms with Gasteiger partial charge in [0, 0.05) is 24.0 Å². The number of aromatic carboxylic acids is 1. The number of carbonyl (C=O) groups is 1. The van der Waals surface area contributed by atoms with Crippen LogP contribution in [0.15, 0.2) is 27.6 Å². The topological polar surface area (TPSA) is 85.3 Å². The van der Waals surface area contributed by atoms with Crippen molar-refractivity contribution < 1.29 is 14.4 Å². The van der Waals surface area contributed by atoms with Crippen LogP contribution in [0.2, 0.25) is 0 Å². The van der Waals surface area contributed by atoms with Crippen LogP contribution >= 0.6 is 0 Å². The molecule has 0 bridgehead atoms. The highest BCUT2D eigenvalue weighted by atomic mass is 16.5. The zero-order valence-electron chi connectivity index (χ0n) is 10.0. The van der Waals surface area contributed by atoms with Gasteiger partial charge in [0.25, 0.3) is 0 Å². The number of hydrogen-bond acceptors (Lipinski definition) is 4. The molecular weight excluding hydrogens is 236 g/mol. The quantitative estimate of drug-likeness (QED) is 0.882. The first-order chi connectivity index (χ1) is 8.47. The van der Waals surface area contributed by atoms with Gasteiger partial charge < -0.3 is 14.2 Å². The molecule has 94 valence electrons. The summed E-state index contributed by atoms with van der Waals surface area (Å²) < 4.78 is 6.70. The van der Waals surface area contributed by atoms with Gasteiger partial charge in [-0.1, -0.05) is 5.16 Å². The summed E-state index contributed by atoms with van der Waals surface area (Å²) in [7, 11) is 0. The molecule has 18 heavy (non-hydrogen) atoms. The molecule has 0 saturated heterocycles. The molecule has 1 N–H and O–H groups in total. The van der Waals surface area contributed by atoms with Gasteiger partial charge in [-0.05, 0) is 13.8 Å². The lowest BCUT2D eigenvalue weighted by Crippen LogP contribution is -2.19. The van der Waals surface area contributed by atoms with E-state index in [1.165, 1.54) is 12.3 Å². The fourth-order valence-corrected chi connectivity index (χ4v) is 1.66. The molecule has 0 radical (unpaired) electrons. The van der Waals surface area contributed by atoms with Gasteiger partial charge in [0.15, 0.2) is 11.2 Å². The Morgan fingerprint density at radius 3 is 2.72 bits per heavy atom. The van der Waals surface area contributed by atoms with Crippen LogP contribution in [0.1, 0.15) is 27.5 Å². The molecule has 0 saturated carbocycles. The van der Waals surface area contributed by atoms with Crippen molar-refractivity contribution in [3.63, 3.8) is 0 Å². The van der Waals surface area contributed by atoms with Crippen LogP contribution in [0, 0.1) is 13.8 Å². The van der Waals surface area contributed by atoms with E-state index < -0.39 is 11.4 Å². The van der Waals surface area contributed by atoms with Crippen molar-refractivity contribution in [2.24, 2.45) is 0 Å². The third-order valence-corrected chi connectivity index (χ3v) is 2.58. The Hall–Kier alpha value is -2.37. The molecule has 6 heteroatoms. The van der Waals surface area contributed by atoms with Gasteiger partial charge in [0.05, 0.1) is 12.2 Å². The van der Waals surface area contributed by atoms with Gasteiger partial charge in [-0.2, -0.15) is 0 Å². The highest BCUT2D eigenvalue weighted by Crippen LogP contribution is 2.07. The first kappa shape index (κ1) is 12.1. The van der Waals surface area contributed by atoms with Crippen LogP contribution in [-0.2, 0) is 6.54 Å². The van der Waals surface area contributed by atoms with E-state index in [4.69, 9.17) is 9.63 Å². The van der Waals surface area contributed by atoms with E-state index in [1.807, 2.05) is 0 Å². The normalized spacial score (nSPS) is 10.6. The average Bonchev–Trinajstić information content (AvgIpc) is 2.67. The minimum Gasteiger partial charge on any atom is -0.477 e. The van der Waals surface area contributed by atoms with Gasteiger partial charge in [0.1, 0.15) is 5.56 Å². The Bertz CT molecular complexity index is 654. The lowest BCUT2D eigenvalue weighted by Gasteiger charge is -2.09. The van der Waals surface area contributed by atoms with Gasteiger partial charge in [-0.25, -0.2) is 4.79 Å². The summed E-state index contributed by atoms with van der Waals surface area (Å²) in [6.45, 7) is 3.87. The van der Waals surface area contributed by atoms with E-state index in [2.05, 4.69) is 5.16 Å². The van der Waals surface area contributed by atoms with E-state index >= 15 is 0 Å². The smallest absolute Gasteiger partial charge is 0.341 e. The Balaban J connectivity index is 2.41. The SMILES string of the molecule is Cc1cc(Cn2cc(C(=O)O)c(=O)cc2C)on1. The van der Waals surface area contributed by atoms with Crippen molar-refractivity contribution in [2.75, 3.05) is 0 Å². The Morgan fingerprint density at radius 2 is 2.17 bits per heavy atom. The predicted octanol–water partition coefficient (Wildman–Crippen LogP) is 1.20. The molecule has 0 fully saturated rings. The molecule has 2 rings (SSSR count). The fraction of sp³-hybridized carbons (Fsp3) is 0.250. The van der Waals surface area contributed by atoms with Crippen molar-refractivity contribution in [1.82, 2.24) is 9.72 Å². The molecule has 6 nitrogen and oxygen atoms in total. The second-order valence-corrected chi connectivity index (χ2v) is 4.06. The predicted molar refractivity (Wildman–Crippen MR) is 62.7 cm³/mol. The summed E-state index contributed by atoms with van der Waals surface area (Å²) in [6.07, 6.45) is 1.32. The standard InChI is InChI=1S/C12H12N2O4/c1-7-3-9(18-13-7)5-14-6-10(12(16)17)11(15)4-8(14)2/h3-4,6H,5H2,1-2H3,(H,16,17). The summed E-state index contributed by atoms with van der Waals surface area (Å²) in [4.78, 5) is 22.4. The highest BCUT2D eigenvalue weighted by molar-refractivity contribution is 5.87. The average molecular weight is 248 g/mol. The lowest BCUT2D eigenvalue weighted by molar-refractivity contribution is 0.0694. The summed E-state index contributed by atoms with van der Waals surface area (Å²) in [5.41, 5.74) is 0.669. The monoisotopic (exact) mass is 248 g/mol. The second-order valence-electron chi connectivity index (χ2n) is 4.06. The van der Waals surface area contributed by atoms with Crippen molar-refractivity contribution in [3.05, 3.63) is 51.3 Å². The van der Waals surface area contributed by atoms with Gasteiger partial charge in [-0.15, -0.1) is 0 Å². The zero-order chi connectivity index (χ0) is 13.3. The van der Waals surface area contributed by atoms with Gasteiger partial charge in [0.2, 0.25) is 0 Å². The summed E-state index contributed by atoms with van der Waals surface area (Å²) in [5, 5.41) is 12.7. The molecule has 0 aromatic carbocycles. The largest absolute Gasteiger partial charge is 0.477 e. The molecule has 0 amide bonds. The molecule has 0 unspecified atom stereocenters. The van der Waals surface area contributed by atoms with Crippen molar-refractivity contribution in [1.29, 1.82) is 0 Å². The molecule has 2 aromatic heterocycles. The van der Waals surface area contributed by atoms with E-state index in [9.17, 15) is 9.59 Å². The molecule has 0 aliphatic carbocycles. The number of pyridine rings is 1. The Kier molecular flexibility index (Phi) is 3.01. The lowest BCUT2D eigenvalue weighted by atomic mass is 10.2. The van der Waals surface area contributed by atoms with Gasteiger partial charge >= 0.3 is 5.97 Å². The number of aromatic nitrogens is 2. The minimum atomic E-state index is -1.23. The zero-order valence-corrected chi connectivity index (χ0v) is 10.0. The van der Waals surface area contributed by atoms with E-state index in [1.54, 1.807) is 24.5 Å². The van der Waals surface area contributed by atoms with Crippen LogP contribution in [0.4, 0.5) is 0 Å². The molecule has 0 aliphatic rings. The first-order valence-corrected chi connectivity index (χ1v) is 5.34. The molecule has 2 aromatic rings. The van der Waals surface area contributed by atoms with Crippen LogP contribution < -0.4 is 5.43 Å².